The van der Waals surface area contributed by atoms with Crippen molar-refractivity contribution in [3.63, 3.8) is 0 Å². The highest BCUT2D eigenvalue weighted by molar-refractivity contribution is 7.09. The highest BCUT2D eigenvalue weighted by Crippen LogP contribution is 2.33. The van der Waals surface area contributed by atoms with Gasteiger partial charge in [0.2, 0.25) is 0 Å². The van der Waals surface area contributed by atoms with Gasteiger partial charge in [-0.1, -0.05) is 0 Å². The lowest BCUT2D eigenvalue weighted by molar-refractivity contribution is 0.356. The van der Waals surface area contributed by atoms with Crippen molar-refractivity contribution in [3.8, 4) is 11.5 Å². The SMILES string of the molecule is COc1cc2cscc2cc1OC. The van der Waals surface area contributed by atoms with Gasteiger partial charge in [-0.05, 0) is 33.7 Å². The minimum Gasteiger partial charge on any atom is -0.493 e. The summed E-state index contributed by atoms with van der Waals surface area (Å²) < 4.78 is 10.4. The van der Waals surface area contributed by atoms with E-state index in [1.54, 1.807) is 25.6 Å². The van der Waals surface area contributed by atoms with Crippen LogP contribution >= 0.6 is 11.3 Å². The molecular formula is C10H10O2S. The van der Waals surface area contributed by atoms with E-state index < -0.39 is 0 Å². The Kier molecular flexibility index (Phi) is 2.10. The number of hydrogen-bond acceptors (Lipinski definition) is 3. The number of ether oxygens (including phenoxy) is 2. The molecule has 0 aliphatic rings. The molecular weight excluding hydrogens is 184 g/mol. The number of hydrogen-bond donors (Lipinski definition) is 0. The Hall–Kier alpha value is -1.22. The van der Waals surface area contributed by atoms with E-state index in [-0.39, 0.29) is 0 Å². The largest absolute Gasteiger partial charge is 0.493 e. The molecule has 0 amide bonds. The molecule has 0 radical (unpaired) electrons. The fourth-order valence-electron chi connectivity index (χ4n) is 1.30. The van der Waals surface area contributed by atoms with Crippen molar-refractivity contribution in [1.29, 1.82) is 0 Å². The smallest absolute Gasteiger partial charge is 0.161 e. The molecule has 0 fully saturated rings. The van der Waals surface area contributed by atoms with Crippen molar-refractivity contribution >= 4 is 22.1 Å². The van der Waals surface area contributed by atoms with Crippen LogP contribution in [-0.2, 0) is 0 Å². The zero-order chi connectivity index (χ0) is 9.26. The molecule has 0 saturated heterocycles. The van der Waals surface area contributed by atoms with Crippen LogP contribution in [0.1, 0.15) is 0 Å². The quantitative estimate of drug-likeness (QED) is 0.731. The van der Waals surface area contributed by atoms with Gasteiger partial charge in [0.1, 0.15) is 0 Å². The predicted octanol–water partition coefficient (Wildman–Crippen LogP) is 2.92. The van der Waals surface area contributed by atoms with Crippen LogP contribution in [-0.4, -0.2) is 14.2 Å². The molecule has 0 aliphatic carbocycles. The molecule has 1 aromatic carbocycles. The lowest BCUT2D eigenvalue weighted by atomic mass is 10.2. The van der Waals surface area contributed by atoms with Gasteiger partial charge in [-0.15, -0.1) is 0 Å². The van der Waals surface area contributed by atoms with Gasteiger partial charge >= 0.3 is 0 Å². The summed E-state index contributed by atoms with van der Waals surface area (Å²) in [5, 5.41) is 6.58. The van der Waals surface area contributed by atoms with Crippen LogP contribution in [0.5, 0.6) is 11.5 Å². The van der Waals surface area contributed by atoms with Gasteiger partial charge in [-0.2, -0.15) is 11.3 Å². The molecule has 1 aromatic heterocycles. The number of benzene rings is 1. The third-order valence-corrected chi connectivity index (χ3v) is 2.76. The Morgan fingerprint density at radius 3 is 1.77 bits per heavy atom. The van der Waals surface area contributed by atoms with E-state index in [2.05, 4.69) is 10.8 Å². The molecule has 0 N–H and O–H groups in total. The van der Waals surface area contributed by atoms with Crippen LogP contribution in [0.2, 0.25) is 0 Å². The van der Waals surface area contributed by atoms with Gasteiger partial charge in [0, 0.05) is 0 Å². The number of fused-ring (bicyclic) bond motifs is 1. The summed E-state index contributed by atoms with van der Waals surface area (Å²) in [5.41, 5.74) is 0. The molecule has 0 spiro atoms. The molecule has 2 aromatic rings. The maximum atomic E-state index is 5.19. The number of methoxy groups -OCH3 is 2. The van der Waals surface area contributed by atoms with Crippen LogP contribution < -0.4 is 9.47 Å². The minimum absolute atomic E-state index is 0.786. The summed E-state index contributed by atoms with van der Waals surface area (Å²) in [4.78, 5) is 0. The normalized spacial score (nSPS) is 10.3. The van der Waals surface area contributed by atoms with Crippen LogP contribution in [0.3, 0.4) is 0 Å². The first kappa shape index (κ1) is 8.38. The van der Waals surface area contributed by atoms with Crippen LogP contribution in [0.25, 0.3) is 10.8 Å². The maximum absolute atomic E-state index is 5.19. The summed E-state index contributed by atoms with van der Waals surface area (Å²) in [6, 6.07) is 3.98. The fraction of sp³-hybridized carbons (Fsp3) is 0.200. The molecule has 0 aliphatic heterocycles. The first-order valence-corrected chi connectivity index (χ1v) is 4.87. The Bertz CT molecular complexity index is 382. The molecule has 0 bridgehead atoms. The minimum atomic E-state index is 0.786. The summed E-state index contributed by atoms with van der Waals surface area (Å²) in [5.74, 6) is 1.57. The number of rotatable bonds is 2. The lowest BCUT2D eigenvalue weighted by Gasteiger charge is -2.06. The van der Waals surface area contributed by atoms with Crippen molar-refractivity contribution in [2.75, 3.05) is 14.2 Å². The standard InChI is InChI=1S/C10H10O2S/c1-11-9-3-7-5-13-6-8(7)4-10(9)12-2/h3-6H,1-2H3. The Balaban J connectivity index is 2.67. The van der Waals surface area contributed by atoms with E-state index >= 15 is 0 Å². The molecule has 2 nitrogen and oxygen atoms in total. The monoisotopic (exact) mass is 194 g/mol. The van der Waals surface area contributed by atoms with Crippen molar-refractivity contribution in [2.45, 2.75) is 0 Å². The summed E-state index contributed by atoms with van der Waals surface area (Å²) in [7, 11) is 3.30. The summed E-state index contributed by atoms with van der Waals surface area (Å²) in [6.07, 6.45) is 0. The van der Waals surface area contributed by atoms with Gasteiger partial charge in [-0.25, -0.2) is 0 Å². The fourth-order valence-corrected chi connectivity index (χ4v) is 2.06. The van der Waals surface area contributed by atoms with Gasteiger partial charge in [-0.3, -0.25) is 0 Å². The second-order valence-corrected chi connectivity index (χ2v) is 3.45. The van der Waals surface area contributed by atoms with E-state index in [9.17, 15) is 0 Å². The average molecular weight is 194 g/mol. The van der Waals surface area contributed by atoms with Gasteiger partial charge in [0.25, 0.3) is 0 Å². The molecule has 0 unspecified atom stereocenters. The van der Waals surface area contributed by atoms with Gasteiger partial charge < -0.3 is 9.47 Å². The molecule has 0 atom stereocenters. The van der Waals surface area contributed by atoms with E-state index in [0.29, 0.717) is 0 Å². The molecule has 68 valence electrons. The predicted molar refractivity (Wildman–Crippen MR) is 54.9 cm³/mol. The van der Waals surface area contributed by atoms with Crippen molar-refractivity contribution in [3.05, 3.63) is 22.9 Å². The number of thiophene rings is 1. The van der Waals surface area contributed by atoms with Crippen molar-refractivity contribution < 1.29 is 9.47 Å². The van der Waals surface area contributed by atoms with E-state index in [4.69, 9.17) is 9.47 Å². The zero-order valence-electron chi connectivity index (χ0n) is 7.53. The second-order valence-electron chi connectivity index (χ2n) is 2.71. The Morgan fingerprint density at radius 2 is 1.38 bits per heavy atom. The van der Waals surface area contributed by atoms with Crippen molar-refractivity contribution in [1.82, 2.24) is 0 Å². The van der Waals surface area contributed by atoms with E-state index in [1.807, 2.05) is 12.1 Å². The Morgan fingerprint density at radius 1 is 0.923 bits per heavy atom. The first-order chi connectivity index (χ1) is 6.35. The summed E-state index contributed by atoms with van der Waals surface area (Å²) >= 11 is 1.68. The first-order valence-electron chi connectivity index (χ1n) is 3.93. The topological polar surface area (TPSA) is 18.5 Å². The molecule has 3 heteroatoms. The van der Waals surface area contributed by atoms with Crippen LogP contribution in [0.4, 0.5) is 0 Å². The molecule has 13 heavy (non-hydrogen) atoms. The van der Waals surface area contributed by atoms with E-state index in [0.717, 1.165) is 11.5 Å². The summed E-state index contributed by atoms with van der Waals surface area (Å²) in [6.45, 7) is 0. The Labute approximate surface area is 80.7 Å². The molecule has 2 rings (SSSR count). The third-order valence-electron chi connectivity index (χ3n) is 1.98. The lowest BCUT2D eigenvalue weighted by Crippen LogP contribution is -1.89. The highest BCUT2D eigenvalue weighted by atomic mass is 32.1. The maximum Gasteiger partial charge on any atom is 0.161 e. The van der Waals surface area contributed by atoms with Gasteiger partial charge in [0.05, 0.1) is 14.2 Å². The van der Waals surface area contributed by atoms with Crippen molar-refractivity contribution in [2.24, 2.45) is 0 Å². The van der Waals surface area contributed by atoms with Gasteiger partial charge in [0.15, 0.2) is 11.5 Å². The van der Waals surface area contributed by atoms with E-state index in [1.165, 1.54) is 10.8 Å². The highest BCUT2D eigenvalue weighted by Gasteiger charge is 2.05. The van der Waals surface area contributed by atoms with Crippen LogP contribution in [0.15, 0.2) is 22.9 Å². The molecule has 1 heterocycles. The third kappa shape index (κ3) is 1.35. The zero-order valence-corrected chi connectivity index (χ0v) is 8.35. The van der Waals surface area contributed by atoms with Crippen LogP contribution in [0, 0.1) is 0 Å². The average Bonchev–Trinajstić information content (AvgIpc) is 2.62. The second kappa shape index (κ2) is 3.26. The molecule has 0 saturated carbocycles.